The van der Waals surface area contributed by atoms with Crippen LogP contribution in [-0.2, 0) is 6.61 Å². The van der Waals surface area contributed by atoms with Gasteiger partial charge < -0.3 is 18.9 Å². The van der Waals surface area contributed by atoms with Crippen LogP contribution in [0.1, 0.15) is 28.4 Å². The summed E-state index contributed by atoms with van der Waals surface area (Å²) in [5.74, 6) is 1.28. The highest BCUT2D eigenvalue weighted by atomic mass is 127. The molecule has 1 N–H and O–H groups in total. The summed E-state index contributed by atoms with van der Waals surface area (Å²) < 4.78 is 36.7. The van der Waals surface area contributed by atoms with E-state index in [1.165, 1.54) is 25.5 Å². The van der Waals surface area contributed by atoms with Crippen LogP contribution in [0.2, 0.25) is 0 Å². The van der Waals surface area contributed by atoms with Crippen LogP contribution in [0.3, 0.4) is 0 Å². The van der Waals surface area contributed by atoms with Gasteiger partial charge in [-0.3, -0.25) is 4.79 Å². The molecule has 3 aromatic carbocycles. The van der Waals surface area contributed by atoms with Crippen LogP contribution in [0.25, 0.3) is 0 Å². The summed E-state index contributed by atoms with van der Waals surface area (Å²) in [6.45, 7) is 6.42. The number of benzene rings is 3. The van der Waals surface area contributed by atoms with Crippen LogP contribution in [0.4, 0.5) is 4.39 Å². The number of hydrazone groups is 1. The third kappa shape index (κ3) is 7.45. The second-order valence-electron chi connectivity index (χ2n) is 7.35. The maximum Gasteiger partial charge on any atom is 0.271 e. The van der Waals surface area contributed by atoms with Crippen molar-refractivity contribution in [2.75, 3.05) is 20.3 Å². The summed E-state index contributed by atoms with van der Waals surface area (Å²) in [7, 11) is 1.53. The summed E-state index contributed by atoms with van der Waals surface area (Å²) in [5, 5.41) is 4.06. The molecule has 0 aliphatic heterocycles. The lowest BCUT2D eigenvalue weighted by Crippen LogP contribution is -2.17. The minimum Gasteiger partial charge on any atom is -0.493 e. The fourth-order valence-corrected chi connectivity index (χ4v) is 3.93. The fourth-order valence-electron chi connectivity index (χ4n) is 3.15. The molecule has 0 saturated carbocycles. The van der Waals surface area contributed by atoms with Crippen molar-refractivity contribution in [3.05, 3.63) is 93.3 Å². The van der Waals surface area contributed by atoms with Crippen molar-refractivity contribution in [2.45, 2.75) is 13.5 Å². The number of halogens is 2. The number of amides is 1. The molecule has 0 aliphatic rings. The van der Waals surface area contributed by atoms with Gasteiger partial charge in [-0.25, -0.2) is 9.82 Å². The molecule has 9 heteroatoms. The van der Waals surface area contributed by atoms with E-state index in [2.05, 4.69) is 39.7 Å². The summed E-state index contributed by atoms with van der Waals surface area (Å²) in [6, 6.07) is 14.7. The molecule has 0 atom stereocenters. The van der Waals surface area contributed by atoms with Crippen LogP contribution < -0.4 is 24.4 Å². The van der Waals surface area contributed by atoms with Crippen molar-refractivity contribution in [1.82, 2.24) is 5.43 Å². The standard InChI is InChI=1S/C27H26FIN2O5/c1-4-11-35-23-10-9-20(15-24(23)34-5-2)27(32)31-30-16-19-13-22(29)26(25(14-19)33-3)36-17-18-7-6-8-21(28)12-18/h4,6-10,12-16H,1,5,11,17H2,2-3H3,(H,31,32)/b30-16+. The Morgan fingerprint density at radius 1 is 1.08 bits per heavy atom. The third-order valence-corrected chi connectivity index (χ3v) is 5.57. The van der Waals surface area contributed by atoms with Gasteiger partial charge in [-0.1, -0.05) is 24.8 Å². The topological polar surface area (TPSA) is 78.4 Å². The smallest absolute Gasteiger partial charge is 0.271 e. The molecule has 0 aliphatic carbocycles. The Labute approximate surface area is 223 Å². The zero-order valence-electron chi connectivity index (χ0n) is 19.9. The van der Waals surface area contributed by atoms with Gasteiger partial charge in [-0.05, 0) is 83.1 Å². The quantitative estimate of drug-likeness (QED) is 0.123. The van der Waals surface area contributed by atoms with Crippen molar-refractivity contribution in [3.8, 4) is 23.0 Å². The number of hydrogen-bond acceptors (Lipinski definition) is 6. The SMILES string of the molecule is C=CCOc1ccc(C(=O)N/N=C/c2cc(I)c(OCc3cccc(F)c3)c(OC)c2)cc1OCC. The molecule has 7 nitrogen and oxygen atoms in total. The molecule has 0 fully saturated rings. The number of carbonyl (C=O) groups is 1. The van der Waals surface area contributed by atoms with Crippen molar-refractivity contribution < 1.29 is 28.1 Å². The van der Waals surface area contributed by atoms with Gasteiger partial charge in [0.25, 0.3) is 5.91 Å². The first kappa shape index (κ1) is 27.0. The Balaban J connectivity index is 1.68. The second-order valence-corrected chi connectivity index (χ2v) is 8.51. The van der Waals surface area contributed by atoms with Crippen LogP contribution >= 0.6 is 22.6 Å². The van der Waals surface area contributed by atoms with Crippen LogP contribution in [0.5, 0.6) is 23.0 Å². The van der Waals surface area contributed by atoms with E-state index in [9.17, 15) is 9.18 Å². The van der Waals surface area contributed by atoms with E-state index in [-0.39, 0.29) is 12.4 Å². The number of rotatable bonds is 12. The van der Waals surface area contributed by atoms with E-state index in [4.69, 9.17) is 18.9 Å². The van der Waals surface area contributed by atoms with E-state index in [0.717, 1.165) is 3.57 Å². The van der Waals surface area contributed by atoms with Gasteiger partial charge in [0.1, 0.15) is 19.0 Å². The predicted molar refractivity (Wildman–Crippen MR) is 145 cm³/mol. The van der Waals surface area contributed by atoms with Gasteiger partial charge in [0.05, 0.1) is 23.5 Å². The summed E-state index contributed by atoms with van der Waals surface area (Å²) in [6.07, 6.45) is 3.13. The first-order chi connectivity index (χ1) is 17.4. The van der Waals surface area contributed by atoms with Crippen LogP contribution in [0, 0.1) is 9.39 Å². The molecule has 3 rings (SSSR count). The molecule has 0 aromatic heterocycles. The van der Waals surface area contributed by atoms with Gasteiger partial charge in [0.2, 0.25) is 0 Å². The minimum absolute atomic E-state index is 0.189. The molecular weight excluding hydrogens is 578 g/mol. The molecule has 0 radical (unpaired) electrons. The number of methoxy groups -OCH3 is 1. The maximum atomic E-state index is 13.4. The Kier molecular flexibility index (Phi) is 10.1. The summed E-state index contributed by atoms with van der Waals surface area (Å²) in [4.78, 5) is 12.6. The van der Waals surface area contributed by atoms with Gasteiger partial charge >= 0.3 is 0 Å². The lowest BCUT2D eigenvalue weighted by atomic mass is 10.2. The summed E-state index contributed by atoms with van der Waals surface area (Å²) in [5.41, 5.74) is 4.28. The van der Waals surface area contributed by atoms with Gasteiger partial charge in [0, 0.05) is 5.56 Å². The highest BCUT2D eigenvalue weighted by Crippen LogP contribution is 2.34. The number of nitrogens with zero attached hydrogens (tertiary/aromatic N) is 1. The van der Waals surface area contributed by atoms with E-state index in [1.54, 1.807) is 42.5 Å². The zero-order chi connectivity index (χ0) is 25.9. The minimum atomic E-state index is -0.404. The molecule has 188 valence electrons. The fraction of sp³-hybridized carbons (Fsp3) is 0.185. The van der Waals surface area contributed by atoms with Crippen molar-refractivity contribution in [2.24, 2.45) is 5.10 Å². The molecule has 0 bridgehead atoms. The highest BCUT2D eigenvalue weighted by molar-refractivity contribution is 14.1. The second kappa shape index (κ2) is 13.5. The lowest BCUT2D eigenvalue weighted by molar-refractivity contribution is 0.0954. The lowest BCUT2D eigenvalue weighted by Gasteiger charge is -2.13. The molecule has 0 saturated heterocycles. The molecule has 0 heterocycles. The van der Waals surface area contributed by atoms with E-state index >= 15 is 0 Å². The van der Waals surface area contributed by atoms with Gasteiger partial charge in [-0.2, -0.15) is 5.10 Å². The van der Waals surface area contributed by atoms with E-state index < -0.39 is 5.91 Å². The molecule has 3 aromatic rings. The first-order valence-electron chi connectivity index (χ1n) is 11.0. The first-order valence-corrected chi connectivity index (χ1v) is 12.1. The van der Waals surface area contributed by atoms with E-state index in [0.29, 0.717) is 52.9 Å². The molecule has 0 unspecified atom stereocenters. The van der Waals surface area contributed by atoms with Crippen molar-refractivity contribution >= 4 is 34.7 Å². The van der Waals surface area contributed by atoms with E-state index in [1.807, 2.05) is 13.0 Å². The molecule has 0 spiro atoms. The van der Waals surface area contributed by atoms with Crippen LogP contribution in [-0.4, -0.2) is 32.4 Å². The van der Waals surface area contributed by atoms with Crippen molar-refractivity contribution in [1.29, 1.82) is 0 Å². The zero-order valence-corrected chi connectivity index (χ0v) is 22.1. The van der Waals surface area contributed by atoms with Crippen LogP contribution in [0.15, 0.2) is 72.4 Å². The van der Waals surface area contributed by atoms with Gasteiger partial charge in [0.15, 0.2) is 23.0 Å². The summed E-state index contributed by atoms with van der Waals surface area (Å²) >= 11 is 2.12. The highest BCUT2D eigenvalue weighted by Gasteiger charge is 2.13. The number of carbonyl (C=O) groups excluding carboxylic acids is 1. The normalized spacial score (nSPS) is 10.7. The largest absolute Gasteiger partial charge is 0.493 e. The average molecular weight is 604 g/mol. The number of ether oxygens (including phenoxy) is 4. The Hall–Kier alpha value is -3.60. The number of nitrogens with one attached hydrogen (secondary N) is 1. The average Bonchev–Trinajstić information content (AvgIpc) is 2.87. The Morgan fingerprint density at radius 2 is 1.92 bits per heavy atom. The third-order valence-electron chi connectivity index (χ3n) is 4.77. The van der Waals surface area contributed by atoms with Crippen molar-refractivity contribution in [3.63, 3.8) is 0 Å². The predicted octanol–water partition coefficient (Wildman–Crippen LogP) is 5.75. The Bertz CT molecular complexity index is 1250. The molecule has 36 heavy (non-hydrogen) atoms. The monoisotopic (exact) mass is 604 g/mol. The van der Waals surface area contributed by atoms with Gasteiger partial charge in [-0.15, -0.1) is 0 Å². The molecule has 1 amide bonds. The maximum absolute atomic E-state index is 13.4. The number of hydrogen-bond donors (Lipinski definition) is 1. The molecular formula is C27H26FIN2O5. The Morgan fingerprint density at radius 3 is 2.64 bits per heavy atom.